The van der Waals surface area contributed by atoms with Crippen LogP contribution in [-0.2, 0) is 0 Å². The van der Waals surface area contributed by atoms with Crippen LogP contribution in [0.4, 0.5) is 0 Å². The molecule has 0 aliphatic rings. The molecule has 0 saturated heterocycles. The van der Waals surface area contributed by atoms with Gasteiger partial charge in [-0.3, -0.25) is 0 Å². The van der Waals surface area contributed by atoms with E-state index in [2.05, 4.69) is 54.1 Å². The van der Waals surface area contributed by atoms with E-state index >= 15 is 0 Å². The molecule has 0 atom stereocenters. The van der Waals surface area contributed by atoms with Crippen molar-refractivity contribution in [3.63, 3.8) is 0 Å². The lowest BCUT2D eigenvalue weighted by atomic mass is 9.99. The molecular formula is C17H14OS. The topological polar surface area (TPSA) is 13.1 Å². The maximum absolute atomic E-state index is 5.41. The fourth-order valence-corrected chi connectivity index (χ4v) is 2.83. The van der Waals surface area contributed by atoms with Gasteiger partial charge in [0.05, 0.1) is 6.26 Å². The third kappa shape index (κ3) is 2.40. The molecule has 0 aliphatic heterocycles. The van der Waals surface area contributed by atoms with Gasteiger partial charge in [-0.25, -0.2) is 0 Å². The van der Waals surface area contributed by atoms with E-state index in [4.69, 9.17) is 4.42 Å². The van der Waals surface area contributed by atoms with E-state index in [1.54, 1.807) is 17.6 Å². The maximum atomic E-state index is 5.41. The molecule has 0 unspecified atom stereocenters. The fraction of sp³-hybridized carbons (Fsp3) is 0.0588. The number of rotatable bonds is 3. The van der Waals surface area contributed by atoms with Gasteiger partial charge in [-0.1, -0.05) is 30.3 Å². The van der Waals surface area contributed by atoms with Crippen LogP contribution in [0.3, 0.4) is 0 Å². The van der Waals surface area contributed by atoms with Gasteiger partial charge in [-0.2, -0.15) is 11.3 Å². The molecule has 2 heteroatoms. The first-order chi connectivity index (χ1) is 9.38. The Bertz CT molecular complexity index is 659. The molecular weight excluding hydrogens is 252 g/mol. The van der Waals surface area contributed by atoms with Crippen molar-refractivity contribution in [2.75, 3.05) is 0 Å². The molecule has 3 rings (SSSR count). The molecule has 3 aromatic rings. The van der Waals surface area contributed by atoms with Crippen LogP contribution in [0.5, 0.6) is 0 Å². The van der Waals surface area contributed by atoms with Gasteiger partial charge in [-0.15, -0.1) is 0 Å². The summed E-state index contributed by atoms with van der Waals surface area (Å²) >= 11 is 1.72. The Balaban J connectivity index is 1.94. The normalized spacial score (nSPS) is 11.7. The first kappa shape index (κ1) is 12.0. The summed E-state index contributed by atoms with van der Waals surface area (Å²) in [7, 11) is 0. The van der Waals surface area contributed by atoms with Crippen LogP contribution in [-0.4, -0.2) is 0 Å². The average molecular weight is 266 g/mol. The smallest absolute Gasteiger partial charge is 0.133 e. The standard InChI is InChI=1S/C17H14OS/c1-2-16(15-9-11-19-12-15)13-5-7-14(8-6-13)17-4-3-10-18-17/h2-12H,1H3. The fourth-order valence-electron chi connectivity index (χ4n) is 2.17. The number of hydrogen-bond donors (Lipinski definition) is 0. The minimum atomic E-state index is 0.907. The van der Waals surface area contributed by atoms with E-state index in [0.29, 0.717) is 0 Å². The Morgan fingerprint density at radius 2 is 1.89 bits per heavy atom. The molecule has 0 N–H and O–H groups in total. The van der Waals surface area contributed by atoms with E-state index in [-0.39, 0.29) is 0 Å². The summed E-state index contributed by atoms with van der Waals surface area (Å²) in [5, 5.41) is 4.28. The maximum Gasteiger partial charge on any atom is 0.133 e. The van der Waals surface area contributed by atoms with Gasteiger partial charge in [0, 0.05) is 5.56 Å². The van der Waals surface area contributed by atoms with E-state index in [9.17, 15) is 0 Å². The summed E-state index contributed by atoms with van der Waals surface area (Å²) in [6.07, 6.45) is 3.86. The molecule has 0 saturated carbocycles. The lowest BCUT2D eigenvalue weighted by molar-refractivity contribution is 0.582. The average Bonchev–Trinajstić information content (AvgIpc) is 3.14. The van der Waals surface area contributed by atoms with Crippen molar-refractivity contribution in [2.24, 2.45) is 0 Å². The highest BCUT2D eigenvalue weighted by atomic mass is 32.1. The number of thiophene rings is 1. The summed E-state index contributed by atoms with van der Waals surface area (Å²) in [5.41, 5.74) is 4.89. The number of benzene rings is 1. The second-order valence-electron chi connectivity index (χ2n) is 4.27. The third-order valence-electron chi connectivity index (χ3n) is 3.12. The highest BCUT2D eigenvalue weighted by molar-refractivity contribution is 7.08. The predicted molar refractivity (Wildman–Crippen MR) is 81.2 cm³/mol. The van der Waals surface area contributed by atoms with Crippen LogP contribution in [0.1, 0.15) is 18.1 Å². The van der Waals surface area contributed by atoms with Gasteiger partial charge in [0.25, 0.3) is 0 Å². The van der Waals surface area contributed by atoms with Crippen molar-refractivity contribution in [1.29, 1.82) is 0 Å². The molecule has 0 amide bonds. The molecule has 1 nitrogen and oxygen atoms in total. The van der Waals surface area contributed by atoms with Crippen LogP contribution in [0.2, 0.25) is 0 Å². The zero-order valence-corrected chi connectivity index (χ0v) is 11.5. The van der Waals surface area contributed by atoms with Crippen LogP contribution < -0.4 is 0 Å². The quantitative estimate of drug-likeness (QED) is 0.613. The first-order valence-corrected chi connectivity index (χ1v) is 7.16. The van der Waals surface area contributed by atoms with Crippen molar-refractivity contribution in [2.45, 2.75) is 6.92 Å². The lowest BCUT2D eigenvalue weighted by Gasteiger charge is -2.06. The summed E-state index contributed by atoms with van der Waals surface area (Å²) in [5.74, 6) is 0.907. The van der Waals surface area contributed by atoms with Crippen molar-refractivity contribution >= 4 is 16.9 Å². The Morgan fingerprint density at radius 1 is 1.05 bits per heavy atom. The van der Waals surface area contributed by atoms with Crippen molar-refractivity contribution in [3.8, 4) is 11.3 Å². The molecule has 0 aliphatic carbocycles. The van der Waals surface area contributed by atoms with Gasteiger partial charge in [-0.05, 0) is 52.6 Å². The van der Waals surface area contributed by atoms with E-state index in [1.807, 2.05) is 12.1 Å². The monoisotopic (exact) mass is 266 g/mol. The molecule has 0 fully saturated rings. The Labute approximate surface area is 116 Å². The van der Waals surface area contributed by atoms with Gasteiger partial charge < -0.3 is 4.42 Å². The Morgan fingerprint density at radius 3 is 2.47 bits per heavy atom. The predicted octanol–water partition coefficient (Wildman–Crippen LogP) is 5.46. The zero-order chi connectivity index (χ0) is 13.1. The number of hydrogen-bond acceptors (Lipinski definition) is 2. The van der Waals surface area contributed by atoms with Crippen molar-refractivity contribution in [1.82, 2.24) is 0 Å². The number of furan rings is 1. The van der Waals surface area contributed by atoms with E-state index in [1.165, 1.54) is 16.7 Å². The Kier molecular flexibility index (Phi) is 3.34. The first-order valence-electron chi connectivity index (χ1n) is 6.21. The highest BCUT2D eigenvalue weighted by Gasteiger charge is 2.06. The van der Waals surface area contributed by atoms with Gasteiger partial charge in [0.1, 0.15) is 5.76 Å². The largest absolute Gasteiger partial charge is 0.464 e. The van der Waals surface area contributed by atoms with Crippen LogP contribution >= 0.6 is 11.3 Å². The van der Waals surface area contributed by atoms with Crippen LogP contribution in [0.15, 0.2) is 70.0 Å². The molecule has 94 valence electrons. The van der Waals surface area contributed by atoms with Crippen molar-refractivity contribution < 1.29 is 4.42 Å². The minimum absolute atomic E-state index is 0.907. The third-order valence-corrected chi connectivity index (χ3v) is 3.81. The SMILES string of the molecule is CC=C(c1ccc(-c2ccco2)cc1)c1ccsc1. The molecule has 0 bridgehead atoms. The molecule has 2 aromatic heterocycles. The zero-order valence-electron chi connectivity index (χ0n) is 10.7. The molecule has 2 heterocycles. The van der Waals surface area contributed by atoms with Gasteiger partial charge >= 0.3 is 0 Å². The van der Waals surface area contributed by atoms with Gasteiger partial charge in [0.2, 0.25) is 0 Å². The summed E-state index contributed by atoms with van der Waals surface area (Å²) in [6.45, 7) is 2.08. The molecule has 19 heavy (non-hydrogen) atoms. The molecule has 0 spiro atoms. The summed E-state index contributed by atoms with van der Waals surface area (Å²) in [6, 6.07) is 14.5. The molecule has 1 aromatic carbocycles. The lowest BCUT2D eigenvalue weighted by Crippen LogP contribution is -1.85. The van der Waals surface area contributed by atoms with Crippen LogP contribution in [0.25, 0.3) is 16.9 Å². The molecule has 0 radical (unpaired) electrons. The van der Waals surface area contributed by atoms with E-state index < -0.39 is 0 Å². The Hall–Kier alpha value is -2.06. The second kappa shape index (κ2) is 5.29. The summed E-state index contributed by atoms with van der Waals surface area (Å²) in [4.78, 5) is 0. The van der Waals surface area contributed by atoms with Gasteiger partial charge in [0.15, 0.2) is 0 Å². The summed E-state index contributed by atoms with van der Waals surface area (Å²) < 4.78 is 5.41. The minimum Gasteiger partial charge on any atom is -0.464 e. The van der Waals surface area contributed by atoms with E-state index in [0.717, 1.165) is 11.3 Å². The number of allylic oxidation sites excluding steroid dienone is 1. The van der Waals surface area contributed by atoms with Crippen LogP contribution in [0, 0.1) is 0 Å². The van der Waals surface area contributed by atoms with Crippen molar-refractivity contribution in [3.05, 3.63) is 76.7 Å². The second-order valence-corrected chi connectivity index (χ2v) is 5.05. The highest BCUT2D eigenvalue weighted by Crippen LogP contribution is 2.27.